The summed E-state index contributed by atoms with van der Waals surface area (Å²) in [6.07, 6.45) is 0. The molecule has 4 nitrogen and oxygen atoms in total. The quantitative estimate of drug-likeness (QED) is 0.921. The topological polar surface area (TPSA) is 53.1 Å². The van der Waals surface area contributed by atoms with Gasteiger partial charge in [0.1, 0.15) is 0 Å². The lowest BCUT2D eigenvalue weighted by molar-refractivity contribution is 0.321. The van der Waals surface area contributed by atoms with E-state index in [0.717, 1.165) is 22.5 Å². The number of hydrogen-bond acceptors (Lipinski definition) is 3. The molecule has 0 saturated carbocycles. The summed E-state index contributed by atoms with van der Waals surface area (Å²) in [5, 5.41) is 4.40. The smallest absolute Gasteiger partial charge is 0.165 e. The molecule has 0 atom stereocenters. The maximum atomic E-state index is 13.9. The molecule has 0 unspecified atom stereocenters. The van der Waals surface area contributed by atoms with Crippen molar-refractivity contribution < 1.29 is 9.13 Å². The van der Waals surface area contributed by atoms with Crippen LogP contribution in [0.25, 0.3) is 11.3 Å². The molecule has 102 valence electrons. The van der Waals surface area contributed by atoms with Crippen molar-refractivity contribution >= 4 is 0 Å². The number of benzene rings is 1. The molecular formula is C14H18FN3O. The van der Waals surface area contributed by atoms with Gasteiger partial charge in [-0.25, -0.2) is 4.39 Å². The molecule has 0 aliphatic rings. The third-order valence-corrected chi connectivity index (χ3v) is 3.13. The van der Waals surface area contributed by atoms with Crippen LogP contribution in [0.4, 0.5) is 4.39 Å². The van der Waals surface area contributed by atoms with E-state index < -0.39 is 0 Å². The van der Waals surface area contributed by atoms with Crippen molar-refractivity contribution in [3.05, 3.63) is 35.3 Å². The summed E-state index contributed by atoms with van der Waals surface area (Å²) < 4.78 is 20.8. The molecule has 2 rings (SSSR count). The van der Waals surface area contributed by atoms with Crippen molar-refractivity contribution in [2.75, 3.05) is 6.61 Å². The molecule has 1 aromatic carbocycles. The van der Waals surface area contributed by atoms with E-state index in [4.69, 9.17) is 10.5 Å². The highest BCUT2D eigenvalue weighted by Crippen LogP contribution is 2.28. The number of halogens is 1. The lowest BCUT2D eigenvalue weighted by Crippen LogP contribution is -2.05. The molecule has 1 aromatic heterocycles. The van der Waals surface area contributed by atoms with Crippen LogP contribution in [0, 0.1) is 12.7 Å². The summed E-state index contributed by atoms with van der Waals surface area (Å²) in [4.78, 5) is 0. The number of hydrogen-bond donors (Lipinski definition) is 1. The molecule has 2 N–H and O–H groups in total. The van der Waals surface area contributed by atoms with Crippen molar-refractivity contribution in [2.45, 2.75) is 20.4 Å². The third-order valence-electron chi connectivity index (χ3n) is 3.13. The first-order chi connectivity index (χ1) is 9.08. The van der Waals surface area contributed by atoms with Crippen LogP contribution in [0.3, 0.4) is 0 Å². The highest BCUT2D eigenvalue weighted by molar-refractivity contribution is 5.64. The first kappa shape index (κ1) is 13.5. The lowest BCUT2D eigenvalue weighted by atomic mass is 10.1. The molecule has 5 heteroatoms. The molecule has 0 aliphatic heterocycles. The van der Waals surface area contributed by atoms with Crippen LogP contribution < -0.4 is 10.5 Å². The second kappa shape index (κ2) is 5.40. The van der Waals surface area contributed by atoms with E-state index >= 15 is 0 Å². The minimum absolute atomic E-state index is 0.263. The highest BCUT2D eigenvalue weighted by Gasteiger charge is 2.14. The van der Waals surface area contributed by atoms with E-state index in [9.17, 15) is 4.39 Å². The van der Waals surface area contributed by atoms with E-state index in [-0.39, 0.29) is 11.6 Å². The van der Waals surface area contributed by atoms with Gasteiger partial charge in [-0.1, -0.05) is 0 Å². The summed E-state index contributed by atoms with van der Waals surface area (Å²) in [5.41, 5.74) is 9.09. The van der Waals surface area contributed by atoms with Gasteiger partial charge in [-0.2, -0.15) is 5.10 Å². The normalized spacial score (nSPS) is 10.8. The van der Waals surface area contributed by atoms with Crippen LogP contribution >= 0.6 is 0 Å². The number of aromatic nitrogens is 2. The van der Waals surface area contributed by atoms with Gasteiger partial charge in [0, 0.05) is 19.2 Å². The summed E-state index contributed by atoms with van der Waals surface area (Å²) in [5.74, 6) is -0.113. The molecule has 0 bridgehead atoms. The van der Waals surface area contributed by atoms with E-state index in [0.29, 0.717) is 13.2 Å². The molecule has 0 radical (unpaired) electrons. The largest absolute Gasteiger partial charge is 0.491 e. The molecule has 0 fully saturated rings. The Labute approximate surface area is 112 Å². The summed E-state index contributed by atoms with van der Waals surface area (Å²) in [7, 11) is 1.84. The highest BCUT2D eigenvalue weighted by atomic mass is 19.1. The first-order valence-electron chi connectivity index (χ1n) is 6.23. The molecular weight excluding hydrogens is 245 g/mol. The van der Waals surface area contributed by atoms with Crippen molar-refractivity contribution in [3.8, 4) is 17.0 Å². The summed E-state index contributed by atoms with van der Waals surface area (Å²) in [6, 6.07) is 4.88. The predicted molar refractivity (Wildman–Crippen MR) is 72.4 cm³/mol. The fourth-order valence-electron chi connectivity index (χ4n) is 2.14. The molecule has 0 saturated heterocycles. The molecule has 0 aliphatic carbocycles. The molecule has 19 heavy (non-hydrogen) atoms. The Kier molecular flexibility index (Phi) is 3.85. The maximum Gasteiger partial charge on any atom is 0.165 e. The van der Waals surface area contributed by atoms with Crippen LogP contribution in [0.1, 0.15) is 18.2 Å². The number of rotatable bonds is 4. The van der Waals surface area contributed by atoms with Crippen LogP contribution in [-0.4, -0.2) is 16.4 Å². The number of ether oxygens (including phenoxy) is 1. The first-order valence-corrected chi connectivity index (χ1v) is 6.23. The average molecular weight is 263 g/mol. The summed E-state index contributed by atoms with van der Waals surface area (Å²) in [6.45, 7) is 4.62. The summed E-state index contributed by atoms with van der Waals surface area (Å²) >= 11 is 0. The van der Waals surface area contributed by atoms with Crippen LogP contribution in [-0.2, 0) is 13.6 Å². The van der Waals surface area contributed by atoms with Crippen LogP contribution in [0.15, 0.2) is 18.2 Å². The molecule has 1 heterocycles. The monoisotopic (exact) mass is 263 g/mol. The van der Waals surface area contributed by atoms with E-state index in [1.54, 1.807) is 10.7 Å². The lowest BCUT2D eigenvalue weighted by Gasteiger charge is -2.06. The van der Waals surface area contributed by atoms with E-state index in [1.807, 2.05) is 27.0 Å². The Morgan fingerprint density at radius 3 is 2.68 bits per heavy atom. The van der Waals surface area contributed by atoms with Gasteiger partial charge in [0.15, 0.2) is 11.6 Å². The van der Waals surface area contributed by atoms with E-state index in [2.05, 4.69) is 5.10 Å². The zero-order chi connectivity index (χ0) is 14.0. The Hall–Kier alpha value is -1.88. The SMILES string of the molecule is CCOc1ccc(-c2nn(C)c(CN)c2C)cc1F. The standard InChI is InChI=1S/C14H18FN3O/c1-4-19-13-6-5-10(7-11(13)15)14-9(2)12(8-16)18(3)17-14/h5-7H,4,8,16H2,1-3H3. The molecule has 0 amide bonds. The van der Waals surface area contributed by atoms with Gasteiger partial charge in [-0.15, -0.1) is 0 Å². The minimum atomic E-state index is -0.376. The average Bonchev–Trinajstić information content (AvgIpc) is 2.67. The number of nitrogens with zero attached hydrogens (tertiary/aromatic N) is 2. The Morgan fingerprint density at radius 2 is 2.16 bits per heavy atom. The van der Waals surface area contributed by atoms with Gasteiger partial charge < -0.3 is 10.5 Å². The number of aryl methyl sites for hydroxylation is 1. The predicted octanol–water partition coefficient (Wildman–Crippen LogP) is 2.39. The van der Waals surface area contributed by atoms with Gasteiger partial charge in [0.25, 0.3) is 0 Å². The minimum Gasteiger partial charge on any atom is -0.491 e. The third kappa shape index (κ3) is 2.46. The van der Waals surface area contributed by atoms with E-state index in [1.165, 1.54) is 6.07 Å². The van der Waals surface area contributed by atoms with Gasteiger partial charge in [0.05, 0.1) is 18.0 Å². The fraction of sp³-hybridized carbons (Fsp3) is 0.357. The van der Waals surface area contributed by atoms with Crippen molar-refractivity contribution in [2.24, 2.45) is 12.8 Å². The Morgan fingerprint density at radius 1 is 1.42 bits per heavy atom. The van der Waals surface area contributed by atoms with Crippen molar-refractivity contribution in [3.63, 3.8) is 0 Å². The van der Waals surface area contributed by atoms with Gasteiger partial charge in [-0.05, 0) is 37.6 Å². The second-order valence-corrected chi connectivity index (χ2v) is 4.33. The second-order valence-electron chi connectivity index (χ2n) is 4.33. The molecule has 0 spiro atoms. The van der Waals surface area contributed by atoms with Gasteiger partial charge in [0.2, 0.25) is 0 Å². The fourth-order valence-corrected chi connectivity index (χ4v) is 2.14. The van der Waals surface area contributed by atoms with Gasteiger partial charge >= 0.3 is 0 Å². The Balaban J connectivity index is 2.45. The van der Waals surface area contributed by atoms with Crippen LogP contribution in [0.2, 0.25) is 0 Å². The maximum absolute atomic E-state index is 13.9. The van der Waals surface area contributed by atoms with Crippen molar-refractivity contribution in [1.82, 2.24) is 9.78 Å². The Bertz CT molecular complexity index is 593. The zero-order valence-corrected chi connectivity index (χ0v) is 11.4. The van der Waals surface area contributed by atoms with Gasteiger partial charge in [-0.3, -0.25) is 4.68 Å². The zero-order valence-electron chi connectivity index (χ0n) is 11.4. The number of nitrogens with two attached hydrogens (primary N) is 1. The van der Waals surface area contributed by atoms with Crippen LogP contribution in [0.5, 0.6) is 5.75 Å². The van der Waals surface area contributed by atoms with Crippen molar-refractivity contribution in [1.29, 1.82) is 0 Å². The molecule has 2 aromatic rings.